The zero-order chi connectivity index (χ0) is 19.4. The molecule has 0 saturated carbocycles. The molecule has 1 N–H and O–H groups in total. The molecule has 8 heteroatoms. The summed E-state index contributed by atoms with van der Waals surface area (Å²) in [6.07, 6.45) is 1.63. The van der Waals surface area contributed by atoms with Crippen molar-refractivity contribution in [3.8, 4) is 17.1 Å². The van der Waals surface area contributed by atoms with Gasteiger partial charge < -0.3 is 14.6 Å². The molecule has 0 atom stereocenters. The van der Waals surface area contributed by atoms with E-state index in [1.54, 1.807) is 18.3 Å². The number of rotatable bonds is 6. The molecule has 0 amide bonds. The zero-order valence-electron chi connectivity index (χ0n) is 14.7. The Kier molecular flexibility index (Phi) is 5.46. The molecule has 7 nitrogen and oxygen atoms in total. The minimum absolute atomic E-state index is 0.0584. The van der Waals surface area contributed by atoms with Gasteiger partial charge in [0.25, 0.3) is 0 Å². The van der Waals surface area contributed by atoms with E-state index in [0.717, 1.165) is 11.3 Å². The molecule has 27 heavy (non-hydrogen) atoms. The quantitative estimate of drug-likeness (QED) is 0.523. The predicted octanol–water partition coefficient (Wildman–Crippen LogP) is 2.64. The molecule has 2 aromatic carbocycles. The lowest BCUT2D eigenvalue weighted by Crippen LogP contribution is -2.21. The van der Waals surface area contributed by atoms with Gasteiger partial charge in [0.1, 0.15) is 5.75 Å². The van der Waals surface area contributed by atoms with Crippen molar-refractivity contribution in [3.05, 3.63) is 64.4 Å². The molecular weight excluding hydrogens is 364 g/mol. The van der Waals surface area contributed by atoms with Crippen LogP contribution in [0.5, 0.6) is 5.75 Å². The van der Waals surface area contributed by atoms with Gasteiger partial charge in [-0.15, -0.1) is 0 Å². The molecule has 0 aliphatic rings. The summed E-state index contributed by atoms with van der Waals surface area (Å²) >= 11 is 5.26. The Morgan fingerprint density at radius 2 is 2.04 bits per heavy atom. The van der Waals surface area contributed by atoms with Gasteiger partial charge in [-0.1, -0.05) is 36.4 Å². The second-order valence-corrected chi connectivity index (χ2v) is 6.40. The lowest BCUT2D eigenvalue weighted by atomic mass is 10.1. The Bertz CT molecular complexity index is 1040. The van der Waals surface area contributed by atoms with Gasteiger partial charge in [-0.05, 0) is 49.3 Å². The van der Waals surface area contributed by atoms with Crippen LogP contribution in [0.25, 0.3) is 11.4 Å². The molecule has 0 fully saturated rings. The Hall–Kier alpha value is -3.26. The Labute approximate surface area is 160 Å². The summed E-state index contributed by atoms with van der Waals surface area (Å²) in [5.74, 6) is 0.0444. The second-order valence-electron chi connectivity index (χ2n) is 6.01. The van der Waals surface area contributed by atoms with E-state index >= 15 is 0 Å². The molecule has 0 aliphatic heterocycles. The highest BCUT2D eigenvalue weighted by Crippen LogP contribution is 2.23. The van der Waals surface area contributed by atoms with E-state index < -0.39 is 5.97 Å². The van der Waals surface area contributed by atoms with E-state index in [4.69, 9.17) is 17.0 Å². The highest BCUT2D eigenvalue weighted by atomic mass is 32.1. The molecular formula is C19H17N4O3S-. The van der Waals surface area contributed by atoms with Gasteiger partial charge in [0.2, 0.25) is 4.77 Å². The maximum absolute atomic E-state index is 10.8. The van der Waals surface area contributed by atoms with Crippen molar-refractivity contribution < 1.29 is 14.6 Å². The van der Waals surface area contributed by atoms with Crippen LogP contribution in [0.4, 0.5) is 0 Å². The van der Waals surface area contributed by atoms with Crippen LogP contribution < -0.4 is 9.84 Å². The van der Waals surface area contributed by atoms with Gasteiger partial charge in [0, 0.05) is 5.56 Å². The first-order valence-corrected chi connectivity index (χ1v) is 8.65. The van der Waals surface area contributed by atoms with Crippen molar-refractivity contribution in [3.63, 3.8) is 0 Å². The number of nitrogens with one attached hydrogen (secondary N) is 1. The number of aromatic nitrogens is 3. The van der Waals surface area contributed by atoms with Crippen LogP contribution >= 0.6 is 12.2 Å². The van der Waals surface area contributed by atoms with Gasteiger partial charge in [-0.3, -0.25) is 0 Å². The summed E-state index contributed by atoms with van der Waals surface area (Å²) in [5, 5.41) is 22.2. The number of benzene rings is 2. The van der Waals surface area contributed by atoms with Gasteiger partial charge >= 0.3 is 0 Å². The van der Waals surface area contributed by atoms with Crippen LogP contribution in [0.1, 0.15) is 29.8 Å². The summed E-state index contributed by atoms with van der Waals surface area (Å²) in [7, 11) is 0. The van der Waals surface area contributed by atoms with Crippen LogP contribution in [0.3, 0.4) is 0 Å². The lowest BCUT2D eigenvalue weighted by molar-refractivity contribution is -0.255. The van der Waals surface area contributed by atoms with Crippen molar-refractivity contribution >= 4 is 24.4 Å². The van der Waals surface area contributed by atoms with E-state index in [-0.39, 0.29) is 11.7 Å². The Balaban J connectivity index is 1.91. The molecule has 0 radical (unpaired) electrons. The van der Waals surface area contributed by atoms with E-state index in [0.29, 0.717) is 16.2 Å². The summed E-state index contributed by atoms with van der Waals surface area (Å²) in [6, 6.07) is 13.7. The number of carboxylic acid groups (broad SMARTS) is 1. The Morgan fingerprint density at radius 1 is 1.30 bits per heavy atom. The number of hydrogen-bond acceptors (Lipinski definition) is 6. The number of hydrogen-bond donors (Lipinski definition) is 1. The number of aromatic carboxylic acids is 1. The fourth-order valence-electron chi connectivity index (χ4n) is 2.40. The second kappa shape index (κ2) is 7.96. The third kappa shape index (κ3) is 4.48. The number of carboxylic acids is 1. The Morgan fingerprint density at radius 3 is 2.70 bits per heavy atom. The fraction of sp³-hybridized carbons (Fsp3) is 0.158. The van der Waals surface area contributed by atoms with Crippen molar-refractivity contribution in [1.82, 2.24) is 14.9 Å². The van der Waals surface area contributed by atoms with Gasteiger partial charge in [0.05, 0.1) is 18.3 Å². The minimum Gasteiger partial charge on any atom is -0.545 e. The predicted molar refractivity (Wildman–Crippen MR) is 102 cm³/mol. The van der Waals surface area contributed by atoms with E-state index in [9.17, 15) is 9.90 Å². The van der Waals surface area contributed by atoms with Crippen molar-refractivity contribution in [2.24, 2.45) is 5.10 Å². The van der Waals surface area contributed by atoms with Crippen molar-refractivity contribution in [1.29, 1.82) is 0 Å². The average Bonchev–Trinajstić information content (AvgIpc) is 3.00. The molecule has 0 aliphatic carbocycles. The monoisotopic (exact) mass is 381 g/mol. The van der Waals surface area contributed by atoms with Crippen LogP contribution in [-0.4, -0.2) is 33.2 Å². The molecule has 1 heterocycles. The number of carbonyl (C=O) groups excluding carboxylic acids is 1. The number of nitrogens with zero attached hydrogens (tertiary/aromatic N) is 3. The minimum atomic E-state index is -1.22. The smallest absolute Gasteiger partial charge is 0.216 e. The largest absolute Gasteiger partial charge is 0.545 e. The number of aromatic amines is 1. The first-order valence-electron chi connectivity index (χ1n) is 8.24. The van der Waals surface area contributed by atoms with Crippen molar-refractivity contribution in [2.75, 3.05) is 0 Å². The zero-order valence-corrected chi connectivity index (χ0v) is 15.6. The van der Waals surface area contributed by atoms with E-state index in [2.05, 4.69) is 15.3 Å². The van der Waals surface area contributed by atoms with Gasteiger partial charge in [-0.2, -0.15) is 14.9 Å². The normalized spacial score (nSPS) is 11.2. The van der Waals surface area contributed by atoms with Crippen molar-refractivity contribution in [2.45, 2.75) is 20.0 Å². The fourth-order valence-corrected chi connectivity index (χ4v) is 2.58. The molecule has 0 bridgehead atoms. The maximum Gasteiger partial charge on any atom is 0.216 e. The number of ether oxygens (including phenoxy) is 1. The molecule has 0 saturated heterocycles. The highest BCUT2D eigenvalue weighted by molar-refractivity contribution is 7.71. The van der Waals surface area contributed by atoms with Crippen LogP contribution in [0, 0.1) is 4.77 Å². The molecule has 3 aromatic rings. The van der Waals surface area contributed by atoms with E-state index in [1.807, 2.05) is 38.1 Å². The standard InChI is InChI=1S/C19H18N4O3S/c1-12(2)26-16-5-3-4-15(10-16)17-21-22-19(27)23(17)20-11-13-6-8-14(9-7-13)18(24)25/h3-12H,1-2H3,(H,22,27)(H,24,25)/p-1/b20-11-. The summed E-state index contributed by atoms with van der Waals surface area (Å²) in [5.41, 5.74) is 1.62. The molecule has 138 valence electrons. The lowest BCUT2D eigenvalue weighted by Gasteiger charge is -2.10. The highest BCUT2D eigenvalue weighted by Gasteiger charge is 2.09. The average molecular weight is 381 g/mol. The third-order valence-corrected chi connectivity index (χ3v) is 3.85. The molecule has 1 aromatic heterocycles. The number of carbonyl (C=O) groups is 1. The third-order valence-electron chi connectivity index (χ3n) is 3.58. The summed E-state index contributed by atoms with van der Waals surface area (Å²) in [4.78, 5) is 10.8. The number of H-pyrrole nitrogens is 1. The molecule has 0 spiro atoms. The summed E-state index contributed by atoms with van der Waals surface area (Å²) in [6.45, 7) is 3.91. The van der Waals surface area contributed by atoms with E-state index in [1.165, 1.54) is 16.8 Å². The molecule has 3 rings (SSSR count). The van der Waals surface area contributed by atoms with Gasteiger partial charge in [-0.25, -0.2) is 5.10 Å². The molecule has 0 unspecified atom stereocenters. The maximum atomic E-state index is 10.8. The van der Waals surface area contributed by atoms with Gasteiger partial charge in [0.15, 0.2) is 5.82 Å². The van der Waals surface area contributed by atoms with Crippen LogP contribution in [0.15, 0.2) is 53.6 Å². The first-order chi connectivity index (χ1) is 12.9. The van der Waals surface area contributed by atoms with Crippen LogP contribution in [0.2, 0.25) is 0 Å². The first kappa shape index (κ1) is 18.5. The summed E-state index contributed by atoms with van der Waals surface area (Å²) < 4.78 is 7.55. The van der Waals surface area contributed by atoms with Crippen LogP contribution in [-0.2, 0) is 0 Å². The topological polar surface area (TPSA) is 95.3 Å². The SMILES string of the molecule is CC(C)Oc1cccc(-c2n[nH]c(=S)n2/N=C\c2ccc(C(=O)[O-])cc2)c1.